The summed E-state index contributed by atoms with van der Waals surface area (Å²) in [6.07, 6.45) is 7.38. The second-order valence-electron chi connectivity index (χ2n) is 29.3. The number of imidazole rings is 4. The number of aliphatic hydroxyl groups excluding tert-OH is 4. The van der Waals surface area contributed by atoms with Gasteiger partial charge < -0.3 is 66.7 Å². The maximum atomic E-state index is 11.6. The molecule has 4 atom stereocenters. The summed E-state index contributed by atoms with van der Waals surface area (Å²) in [6.45, 7) is 10.5. The van der Waals surface area contributed by atoms with Gasteiger partial charge in [0.1, 0.15) is 0 Å². The molecule has 4 unspecified atom stereocenters. The maximum Gasteiger partial charge on any atom is 0.248 e. The van der Waals surface area contributed by atoms with Gasteiger partial charge in [0.2, 0.25) is 33.9 Å². The van der Waals surface area contributed by atoms with E-state index >= 15 is 0 Å². The molecule has 7 heterocycles. The van der Waals surface area contributed by atoms with Crippen LogP contribution in [0.3, 0.4) is 0 Å². The topological polar surface area (TPSA) is 284 Å². The van der Waals surface area contributed by atoms with Crippen LogP contribution in [0.1, 0.15) is 91.1 Å². The van der Waals surface area contributed by atoms with Crippen LogP contribution in [0.5, 0.6) is 5.88 Å². The van der Waals surface area contributed by atoms with Crippen LogP contribution in [0, 0.1) is 49.3 Å². The van der Waals surface area contributed by atoms with Gasteiger partial charge in [0.15, 0.2) is 0 Å². The molecule has 0 aliphatic carbocycles. The molecule has 0 amide bonds. The van der Waals surface area contributed by atoms with Gasteiger partial charge in [-0.25, -0.2) is 4.98 Å². The molecule has 586 valence electrons. The zero-order valence-corrected chi connectivity index (χ0v) is 65.5. The number of H-pyrrole nitrogens is 1. The first kappa shape index (κ1) is 80.0. The number of benzene rings is 9. The zero-order chi connectivity index (χ0) is 80.5. The van der Waals surface area contributed by atoms with Crippen LogP contribution < -0.4 is 32.8 Å². The summed E-state index contributed by atoms with van der Waals surface area (Å²) in [5.74, 6) is 0.544. The Bertz CT molecular complexity index is 6230. The Morgan fingerprint density at radius 2 is 0.643 bits per heavy atom. The third kappa shape index (κ3) is 18.9. The van der Waals surface area contributed by atoms with E-state index in [4.69, 9.17) is 26.4 Å². The monoisotopic (exact) mass is 1530 g/mol. The number of aliphatic hydroxyl groups is 4. The lowest BCUT2D eigenvalue weighted by molar-refractivity contribution is 0.224. The van der Waals surface area contributed by atoms with Crippen LogP contribution in [-0.2, 0) is 51.9 Å². The van der Waals surface area contributed by atoms with Gasteiger partial charge in [-0.2, -0.15) is 0 Å². The first-order chi connectivity index (χ1) is 56.0. The highest BCUT2D eigenvalue weighted by molar-refractivity contribution is 5.79. The third-order valence-corrected chi connectivity index (χ3v) is 21.1. The highest BCUT2D eigenvalue weighted by atomic mass is 16.5. The molecule has 0 radical (unpaired) electrons. The van der Waals surface area contributed by atoms with E-state index in [2.05, 4.69) is 152 Å². The number of hydrogen-bond acceptors (Lipinski definition) is 12. The van der Waals surface area contributed by atoms with Crippen molar-refractivity contribution in [2.75, 3.05) is 33.5 Å². The Balaban J connectivity index is 0.000000134. The number of hydrogen-bond donors (Lipinski definition) is 9. The average Bonchev–Trinajstić information content (AvgIpc) is 1.63. The Morgan fingerprint density at radius 1 is 0.330 bits per heavy atom. The molecule has 0 saturated heterocycles. The van der Waals surface area contributed by atoms with E-state index in [1.165, 1.54) is 22.3 Å². The summed E-state index contributed by atoms with van der Waals surface area (Å²) >= 11 is 0. The van der Waals surface area contributed by atoms with Gasteiger partial charge in [-0.15, -0.1) is 0 Å². The standard InChI is InChI=1S/C24H26N4O2.C24H25N3O.C23H24N4O2.C23H24N4O/c1-17-7-9-18(10-8-17)15-27-21-5-3-4-6-22(21)28(24(27)25)20(16-29)13-19-11-12-26-23(14-19)30-2;1-18-11-13-19(14-12-18)15-21(17-28)27-23-10-6-5-9-22(23)26(24(27)25)16-20-7-3-2-4-8-20;1-16-6-8-17(9-7-16)14-26-20-4-2-3-5-21(20)27(23(26)24)19(15-28)12-18-10-11-25-22(29)13-18;1-17-9-11-18(12-10-17)15-26-21-7-2-3-8-22(21)27(23(26)24)20(16-28)14-19-6-4-5-13-25-19/h3-12,14,20,25,29H,13,15-16H2,1-2H3;2-14,21,25,28H,15-17H2,1H3;2-11,13,19,24,28H,12,14-15H2,1H3,(H,25,29);2-13,20,24,28H,14-16H2,1H3. The number of methoxy groups -OCH3 is 1. The number of aromatic amines is 1. The van der Waals surface area contributed by atoms with Crippen LogP contribution in [-0.4, -0.2) is 105 Å². The third-order valence-electron chi connectivity index (χ3n) is 21.1. The fourth-order valence-electron chi connectivity index (χ4n) is 15.1. The van der Waals surface area contributed by atoms with Gasteiger partial charge in [0.25, 0.3) is 0 Å². The van der Waals surface area contributed by atoms with Crippen molar-refractivity contribution in [1.29, 1.82) is 21.6 Å². The molecule has 21 nitrogen and oxygen atoms in total. The summed E-state index contributed by atoms with van der Waals surface area (Å²) < 4.78 is 20.9. The molecule has 9 N–H and O–H groups in total. The number of pyridine rings is 3. The van der Waals surface area contributed by atoms with Crippen LogP contribution in [0.2, 0.25) is 0 Å². The lowest BCUT2D eigenvalue weighted by Gasteiger charge is -2.17. The van der Waals surface area contributed by atoms with E-state index in [1.54, 1.807) is 31.8 Å². The van der Waals surface area contributed by atoms with Crippen LogP contribution in [0.25, 0.3) is 44.1 Å². The van der Waals surface area contributed by atoms with Crippen molar-refractivity contribution in [3.05, 3.63) is 385 Å². The lowest BCUT2D eigenvalue weighted by Crippen LogP contribution is -2.31. The minimum absolute atomic E-state index is 0.0102. The number of aryl methyl sites for hydroxylation is 4. The molecule has 7 aromatic heterocycles. The molecule has 21 heteroatoms. The molecule has 0 aliphatic rings. The van der Waals surface area contributed by atoms with E-state index in [1.807, 2.05) is 188 Å². The Hall–Kier alpha value is -13.1. The summed E-state index contributed by atoms with van der Waals surface area (Å²) in [4.78, 5) is 22.8. The highest BCUT2D eigenvalue weighted by Crippen LogP contribution is 2.28. The molecule has 0 spiro atoms. The minimum Gasteiger partial charge on any atom is -0.481 e. The van der Waals surface area contributed by atoms with Crippen molar-refractivity contribution in [1.82, 2.24) is 51.5 Å². The first-order valence-corrected chi connectivity index (χ1v) is 38.7. The number of aromatic nitrogens is 11. The lowest BCUT2D eigenvalue weighted by atomic mass is 10.0. The number of para-hydroxylation sites is 8. The van der Waals surface area contributed by atoms with Crippen LogP contribution in [0.4, 0.5) is 0 Å². The fourth-order valence-corrected chi connectivity index (χ4v) is 15.1. The second-order valence-corrected chi connectivity index (χ2v) is 29.3. The highest BCUT2D eigenvalue weighted by Gasteiger charge is 2.24. The van der Waals surface area contributed by atoms with Crippen molar-refractivity contribution in [3.8, 4) is 5.88 Å². The minimum atomic E-state index is -0.339. The Labute approximate surface area is 667 Å². The van der Waals surface area contributed by atoms with Crippen molar-refractivity contribution < 1.29 is 25.2 Å². The molecule has 0 bridgehead atoms. The van der Waals surface area contributed by atoms with E-state index in [0.717, 1.165) is 88.8 Å². The van der Waals surface area contributed by atoms with Crippen LogP contribution in [0.15, 0.2) is 290 Å². The molecule has 0 aliphatic heterocycles. The van der Waals surface area contributed by atoms with Gasteiger partial charge in [0, 0.05) is 42.8 Å². The van der Waals surface area contributed by atoms with E-state index in [-0.39, 0.29) is 56.2 Å². The van der Waals surface area contributed by atoms with Gasteiger partial charge in [-0.3, -0.25) is 31.4 Å². The van der Waals surface area contributed by atoms with Gasteiger partial charge in [-0.1, -0.05) is 204 Å². The Morgan fingerprint density at radius 3 is 0.983 bits per heavy atom. The number of nitrogens with zero attached hydrogens (tertiary/aromatic N) is 10. The molecular formula is C94H99N15O6. The SMILES string of the molecule is COc1cc(CC(CO)n2c(=N)n(Cc3ccc(C)cc3)c3ccccc32)ccn1.Cc1ccc(CC(CO)n2c(=N)n(Cc3ccccc3)c3ccccc32)cc1.Cc1ccc(Cn2c(=N)n(C(CO)Cc3cc[nH]c(=O)c3)c3ccccc32)cc1.Cc1ccc(Cn2c(=N)n(C(CO)Cc3ccccn3)c3ccccc32)cc1. The predicted octanol–water partition coefficient (Wildman–Crippen LogP) is 13.7. The van der Waals surface area contributed by atoms with Crippen molar-refractivity contribution >= 4 is 44.1 Å². The molecule has 9 aromatic carbocycles. The van der Waals surface area contributed by atoms with Gasteiger partial charge in [-0.05, 0) is 159 Å². The molecule has 16 aromatic rings. The Kier molecular flexibility index (Phi) is 26.1. The van der Waals surface area contributed by atoms with E-state index in [0.29, 0.717) is 80.2 Å². The largest absolute Gasteiger partial charge is 0.481 e. The molecule has 115 heavy (non-hydrogen) atoms. The predicted molar refractivity (Wildman–Crippen MR) is 452 cm³/mol. The fraction of sp³-hybridized carbons (Fsp3) is 0.223. The van der Waals surface area contributed by atoms with Gasteiger partial charge >= 0.3 is 0 Å². The second kappa shape index (κ2) is 37.5. The molecule has 0 saturated carbocycles. The first-order valence-electron chi connectivity index (χ1n) is 38.7. The molecule has 16 rings (SSSR count). The van der Waals surface area contributed by atoms with E-state index < -0.39 is 0 Å². The number of nitrogens with one attached hydrogen (secondary N) is 5. The molecule has 0 fully saturated rings. The quantitative estimate of drug-likeness (QED) is 0.0265. The zero-order valence-electron chi connectivity index (χ0n) is 65.5. The molecular weight excluding hydrogens is 1440 g/mol. The van der Waals surface area contributed by atoms with Crippen LogP contribution >= 0.6 is 0 Å². The smallest absolute Gasteiger partial charge is 0.248 e. The summed E-state index contributed by atoms with van der Waals surface area (Å²) in [5, 5.41) is 76.1. The number of ether oxygens (including phenoxy) is 1. The summed E-state index contributed by atoms with van der Waals surface area (Å²) in [5.41, 5.74) is 22.4. The van der Waals surface area contributed by atoms with Crippen molar-refractivity contribution in [2.24, 2.45) is 0 Å². The summed E-state index contributed by atoms with van der Waals surface area (Å²) in [6, 6.07) is 87.5. The number of fused-ring (bicyclic) bond motifs is 4. The maximum absolute atomic E-state index is 11.6. The van der Waals surface area contributed by atoms with Gasteiger partial charge in [0.05, 0.1) is 128 Å². The normalized spacial score (nSPS) is 12.3. The number of rotatable bonds is 25. The average molecular weight is 1530 g/mol. The van der Waals surface area contributed by atoms with Crippen molar-refractivity contribution in [2.45, 2.75) is 104 Å². The van der Waals surface area contributed by atoms with Crippen molar-refractivity contribution in [3.63, 3.8) is 0 Å². The van der Waals surface area contributed by atoms with E-state index in [9.17, 15) is 25.2 Å². The summed E-state index contributed by atoms with van der Waals surface area (Å²) in [7, 11) is 1.59.